The van der Waals surface area contributed by atoms with Crippen molar-refractivity contribution < 1.29 is 31.1 Å². The van der Waals surface area contributed by atoms with Crippen molar-refractivity contribution in [3.63, 3.8) is 0 Å². The number of benzene rings is 3. The van der Waals surface area contributed by atoms with Gasteiger partial charge < -0.3 is 5.32 Å². The van der Waals surface area contributed by atoms with Crippen molar-refractivity contribution in [2.45, 2.75) is 18.8 Å². The molecule has 0 aliphatic carbocycles. The second kappa shape index (κ2) is 8.79. The maximum atomic E-state index is 13.3. The van der Waals surface area contributed by atoms with Gasteiger partial charge in [0.2, 0.25) is 0 Å². The second-order valence-corrected chi connectivity index (χ2v) is 7.96. The standard InChI is InChI=1S/C24H15ClF6N2O/c25-19-12-20-15(11-14-4-3-7-18(21(14)33-20)24(29,30)31)10-13(19)8-9-32-22(34)16-5-1-2-6-17(16)23(26,27)28/h1-7,10-12H,8-9H2,(H,32,34). The lowest BCUT2D eigenvalue weighted by molar-refractivity contribution is -0.138. The zero-order valence-electron chi connectivity index (χ0n) is 17.2. The first-order chi connectivity index (χ1) is 15.9. The van der Waals surface area contributed by atoms with Crippen LogP contribution in [0, 0.1) is 0 Å². The van der Waals surface area contributed by atoms with Gasteiger partial charge in [-0.1, -0.05) is 35.9 Å². The van der Waals surface area contributed by atoms with E-state index in [1.165, 1.54) is 30.3 Å². The molecule has 3 aromatic carbocycles. The average molecular weight is 497 g/mol. The number of alkyl halides is 6. The largest absolute Gasteiger partial charge is 0.418 e. The molecular formula is C24H15ClF6N2O. The Labute approximate surface area is 194 Å². The van der Waals surface area contributed by atoms with Gasteiger partial charge in [-0.2, -0.15) is 26.3 Å². The maximum Gasteiger partial charge on any atom is 0.418 e. The highest BCUT2D eigenvalue weighted by molar-refractivity contribution is 6.32. The first kappa shape index (κ1) is 23.8. The summed E-state index contributed by atoms with van der Waals surface area (Å²) in [5.74, 6) is -0.878. The molecule has 3 nitrogen and oxygen atoms in total. The minimum atomic E-state index is -4.67. The van der Waals surface area contributed by atoms with Gasteiger partial charge in [0.25, 0.3) is 5.91 Å². The Hall–Kier alpha value is -3.33. The summed E-state index contributed by atoms with van der Waals surface area (Å²) in [6.45, 7) is -0.00448. The third-order valence-electron chi connectivity index (χ3n) is 5.27. The molecule has 10 heteroatoms. The molecule has 0 aliphatic heterocycles. The number of hydrogen-bond acceptors (Lipinski definition) is 2. The number of hydrogen-bond donors (Lipinski definition) is 1. The molecule has 0 fully saturated rings. The molecule has 1 N–H and O–H groups in total. The van der Waals surface area contributed by atoms with Crippen LogP contribution in [-0.4, -0.2) is 17.4 Å². The van der Waals surface area contributed by atoms with Gasteiger partial charge in [-0.3, -0.25) is 4.79 Å². The number of aromatic nitrogens is 1. The number of fused-ring (bicyclic) bond motifs is 2. The summed E-state index contributed by atoms with van der Waals surface area (Å²) in [7, 11) is 0. The summed E-state index contributed by atoms with van der Waals surface area (Å²) in [6.07, 6.45) is -9.04. The molecule has 1 aromatic heterocycles. The van der Waals surface area contributed by atoms with Gasteiger partial charge in [-0.15, -0.1) is 0 Å². The predicted octanol–water partition coefficient (Wildman–Crippen LogP) is 7.05. The van der Waals surface area contributed by atoms with E-state index in [1.807, 2.05) is 0 Å². The van der Waals surface area contributed by atoms with E-state index in [2.05, 4.69) is 10.3 Å². The number of rotatable bonds is 4. The van der Waals surface area contributed by atoms with Gasteiger partial charge >= 0.3 is 12.4 Å². The van der Waals surface area contributed by atoms with Crippen LogP contribution in [0.2, 0.25) is 5.02 Å². The van der Waals surface area contributed by atoms with Crippen molar-refractivity contribution >= 4 is 39.3 Å². The van der Waals surface area contributed by atoms with Crippen LogP contribution in [0.5, 0.6) is 0 Å². The third kappa shape index (κ3) is 4.79. The Morgan fingerprint density at radius 1 is 0.853 bits per heavy atom. The van der Waals surface area contributed by atoms with Crippen molar-refractivity contribution in [1.29, 1.82) is 0 Å². The van der Waals surface area contributed by atoms with Crippen LogP contribution in [0.3, 0.4) is 0 Å². The van der Waals surface area contributed by atoms with Gasteiger partial charge in [-0.05, 0) is 48.4 Å². The third-order valence-corrected chi connectivity index (χ3v) is 5.62. The minimum absolute atomic E-state index is 0.00448. The number of carbonyl (C=O) groups excluding carboxylic acids is 1. The van der Waals surface area contributed by atoms with E-state index < -0.39 is 35.0 Å². The van der Waals surface area contributed by atoms with Crippen molar-refractivity contribution in [3.8, 4) is 0 Å². The number of amides is 1. The molecule has 0 atom stereocenters. The van der Waals surface area contributed by atoms with Crippen LogP contribution in [0.25, 0.3) is 21.8 Å². The quantitative estimate of drug-likeness (QED) is 0.243. The number of halogens is 7. The van der Waals surface area contributed by atoms with Gasteiger partial charge in [0.1, 0.15) is 0 Å². The van der Waals surface area contributed by atoms with Crippen LogP contribution < -0.4 is 5.32 Å². The van der Waals surface area contributed by atoms with Gasteiger partial charge in [0, 0.05) is 22.3 Å². The van der Waals surface area contributed by atoms with Crippen molar-refractivity contribution in [2.24, 2.45) is 0 Å². The summed E-state index contributed by atoms with van der Waals surface area (Å²) in [6, 6.07) is 12.9. The molecule has 0 saturated heterocycles. The van der Waals surface area contributed by atoms with Crippen LogP contribution in [0.1, 0.15) is 27.0 Å². The average Bonchev–Trinajstić information content (AvgIpc) is 2.76. The lowest BCUT2D eigenvalue weighted by Crippen LogP contribution is -2.28. The highest BCUT2D eigenvalue weighted by Crippen LogP contribution is 2.36. The number of nitrogens with zero attached hydrogens (tertiary/aromatic N) is 1. The monoisotopic (exact) mass is 496 g/mol. The molecule has 0 radical (unpaired) electrons. The molecule has 0 unspecified atom stereocenters. The summed E-state index contributed by atoms with van der Waals surface area (Å²) in [5.41, 5.74) is -1.74. The summed E-state index contributed by atoms with van der Waals surface area (Å²) < 4.78 is 79.3. The zero-order valence-corrected chi connectivity index (χ0v) is 17.9. The van der Waals surface area contributed by atoms with E-state index in [0.29, 0.717) is 16.3 Å². The Kier molecular flexibility index (Phi) is 6.16. The van der Waals surface area contributed by atoms with Crippen molar-refractivity contribution in [3.05, 3.63) is 87.9 Å². The SMILES string of the molecule is O=C(NCCc1cc2cc3cccc(C(F)(F)F)c3nc2cc1Cl)c1ccccc1C(F)(F)F. The maximum absolute atomic E-state index is 13.3. The van der Waals surface area contributed by atoms with Gasteiger partial charge in [-0.25, -0.2) is 4.98 Å². The molecule has 0 saturated carbocycles. The van der Waals surface area contributed by atoms with E-state index in [-0.39, 0.29) is 29.0 Å². The van der Waals surface area contributed by atoms with Crippen LogP contribution >= 0.6 is 11.6 Å². The highest BCUT2D eigenvalue weighted by Gasteiger charge is 2.35. The van der Waals surface area contributed by atoms with E-state index >= 15 is 0 Å². The summed E-state index contributed by atoms with van der Waals surface area (Å²) >= 11 is 6.28. The molecular weight excluding hydrogens is 482 g/mol. The lowest BCUT2D eigenvalue weighted by atomic mass is 10.0. The molecule has 176 valence electrons. The van der Waals surface area contributed by atoms with Crippen LogP contribution in [0.15, 0.2) is 60.7 Å². The normalized spacial score (nSPS) is 12.3. The zero-order chi connectivity index (χ0) is 24.7. The number of pyridine rings is 1. The molecule has 1 amide bonds. The Morgan fingerprint density at radius 2 is 1.53 bits per heavy atom. The number of para-hydroxylation sites is 1. The molecule has 0 spiro atoms. The summed E-state index contributed by atoms with van der Waals surface area (Å²) in [4.78, 5) is 16.5. The fourth-order valence-electron chi connectivity index (χ4n) is 3.68. The van der Waals surface area contributed by atoms with Crippen LogP contribution in [-0.2, 0) is 18.8 Å². The van der Waals surface area contributed by atoms with E-state index in [9.17, 15) is 31.1 Å². The topological polar surface area (TPSA) is 42.0 Å². The Morgan fingerprint density at radius 3 is 2.24 bits per heavy atom. The molecule has 0 bridgehead atoms. The molecule has 4 aromatic rings. The smallest absolute Gasteiger partial charge is 0.352 e. The fraction of sp³-hybridized carbons (Fsp3) is 0.167. The van der Waals surface area contributed by atoms with Crippen LogP contribution in [0.4, 0.5) is 26.3 Å². The van der Waals surface area contributed by atoms with E-state index in [1.54, 1.807) is 12.1 Å². The highest BCUT2D eigenvalue weighted by atomic mass is 35.5. The molecule has 0 aliphatic rings. The van der Waals surface area contributed by atoms with E-state index in [0.717, 1.165) is 18.2 Å². The minimum Gasteiger partial charge on any atom is -0.352 e. The van der Waals surface area contributed by atoms with Crippen molar-refractivity contribution in [2.75, 3.05) is 6.54 Å². The van der Waals surface area contributed by atoms with E-state index in [4.69, 9.17) is 11.6 Å². The molecule has 4 rings (SSSR count). The first-order valence-corrected chi connectivity index (χ1v) is 10.4. The van der Waals surface area contributed by atoms with Gasteiger partial charge in [0.15, 0.2) is 0 Å². The Bertz CT molecular complexity index is 1400. The molecule has 34 heavy (non-hydrogen) atoms. The van der Waals surface area contributed by atoms with Gasteiger partial charge in [0.05, 0.1) is 27.7 Å². The lowest BCUT2D eigenvalue weighted by Gasteiger charge is -2.13. The number of nitrogens with one attached hydrogen (secondary N) is 1. The predicted molar refractivity (Wildman–Crippen MR) is 117 cm³/mol. The Balaban J connectivity index is 1.57. The van der Waals surface area contributed by atoms with Crippen molar-refractivity contribution in [1.82, 2.24) is 10.3 Å². The first-order valence-electron chi connectivity index (χ1n) is 9.98. The fourth-order valence-corrected chi connectivity index (χ4v) is 3.94. The summed E-state index contributed by atoms with van der Waals surface area (Å²) in [5, 5.41) is 3.51. The second-order valence-electron chi connectivity index (χ2n) is 7.55. The number of carbonyl (C=O) groups is 1. The molecule has 1 heterocycles.